The molecule has 0 aromatic heterocycles. The highest BCUT2D eigenvalue weighted by atomic mass is 14.3. The molecule has 0 heterocycles. The lowest BCUT2D eigenvalue weighted by atomic mass is 9.72. The van der Waals surface area contributed by atoms with Gasteiger partial charge in [-0.3, -0.25) is 0 Å². The van der Waals surface area contributed by atoms with Gasteiger partial charge in [0.05, 0.1) is 0 Å². The van der Waals surface area contributed by atoms with E-state index in [1.807, 2.05) is 0 Å². The molecular formula is C24H32. The Morgan fingerprint density at radius 3 is 1.54 bits per heavy atom. The second kappa shape index (κ2) is 6.24. The molecule has 3 aromatic carbocycles. The van der Waals surface area contributed by atoms with Crippen molar-refractivity contribution in [1.29, 1.82) is 0 Å². The summed E-state index contributed by atoms with van der Waals surface area (Å²) in [6, 6.07) is 18.2. The largest absolute Gasteiger partial charge is 0.0776 e. The van der Waals surface area contributed by atoms with Crippen LogP contribution < -0.4 is 0 Å². The maximum Gasteiger partial charge on any atom is -0.0103 e. The van der Waals surface area contributed by atoms with Crippen molar-refractivity contribution in [2.24, 2.45) is 0 Å². The second-order valence-electron chi connectivity index (χ2n) is 8.43. The van der Waals surface area contributed by atoms with Crippen LogP contribution in [0.2, 0.25) is 0 Å². The van der Waals surface area contributed by atoms with E-state index < -0.39 is 0 Å². The molecule has 0 nitrogen and oxygen atoms in total. The van der Waals surface area contributed by atoms with Crippen LogP contribution in [0, 0.1) is 0 Å². The van der Waals surface area contributed by atoms with Crippen molar-refractivity contribution in [3.63, 3.8) is 0 Å². The minimum absolute atomic E-state index is 0. The maximum atomic E-state index is 2.44. The standard InChI is InChI=1S/C23H28.CH4/c1-7-23(5,6)21-15-19-13-17-11-9-8-10-16(17)12-18(19)14-20(21)22(2,3)4;/h8-15H,7H2,1-6H3;1H4. The van der Waals surface area contributed by atoms with Gasteiger partial charge >= 0.3 is 0 Å². The molecule has 0 heteroatoms. The SMILES string of the molecule is C.CCC(C)(C)c1cc2cc3ccccc3cc2cc1C(C)(C)C. The lowest BCUT2D eigenvalue weighted by Gasteiger charge is -2.32. The summed E-state index contributed by atoms with van der Waals surface area (Å²) in [4.78, 5) is 0. The minimum atomic E-state index is 0. The van der Waals surface area contributed by atoms with Gasteiger partial charge in [-0.1, -0.05) is 85.4 Å². The lowest BCUT2D eigenvalue weighted by Crippen LogP contribution is -2.23. The third-order valence-corrected chi connectivity index (χ3v) is 5.26. The van der Waals surface area contributed by atoms with Crippen molar-refractivity contribution in [2.75, 3.05) is 0 Å². The van der Waals surface area contributed by atoms with Gasteiger partial charge in [-0.25, -0.2) is 0 Å². The van der Waals surface area contributed by atoms with E-state index in [1.54, 1.807) is 0 Å². The quantitative estimate of drug-likeness (QED) is 0.426. The van der Waals surface area contributed by atoms with Gasteiger partial charge in [0, 0.05) is 0 Å². The summed E-state index contributed by atoms with van der Waals surface area (Å²) in [6.45, 7) is 14.0. The van der Waals surface area contributed by atoms with E-state index in [9.17, 15) is 0 Å². The van der Waals surface area contributed by atoms with Gasteiger partial charge in [-0.2, -0.15) is 0 Å². The van der Waals surface area contributed by atoms with Gasteiger partial charge in [0.1, 0.15) is 0 Å². The highest BCUT2D eigenvalue weighted by Crippen LogP contribution is 2.39. The van der Waals surface area contributed by atoms with Crippen LogP contribution in [0.15, 0.2) is 48.5 Å². The average molecular weight is 321 g/mol. The van der Waals surface area contributed by atoms with Crippen LogP contribution in [0.4, 0.5) is 0 Å². The molecule has 3 rings (SSSR count). The Balaban J connectivity index is 0.00000208. The Hall–Kier alpha value is -1.82. The van der Waals surface area contributed by atoms with E-state index in [0.29, 0.717) is 0 Å². The molecule has 3 aromatic rings. The molecule has 24 heavy (non-hydrogen) atoms. The first-order chi connectivity index (χ1) is 10.7. The van der Waals surface area contributed by atoms with Crippen LogP contribution in [0.3, 0.4) is 0 Å². The van der Waals surface area contributed by atoms with Crippen LogP contribution in [-0.2, 0) is 10.8 Å². The first-order valence-corrected chi connectivity index (χ1v) is 8.70. The molecule has 0 aliphatic carbocycles. The molecule has 0 aliphatic heterocycles. The van der Waals surface area contributed by atoms with Crippen molar-refractivity contribution in [3.8, 4) is 0 Å². The highest BCUT2D eigenvalue weighted by Gasteiger charge is 2.27. The van der Waals surface area contributed by atoms with E-state index >= 15 is 0 Å². The predicted molar refractivity (Wildman–Crippen MR) is 110 cm³/mol. The topological polar surface area (TPSA) is 0 Å². The van der Waals surface area contributed by atoms with Gasteiger partial charge in [-0.05, 0) is 62.1 Å². The Bertz CT molecular complexity index is 860. The fourth-order valence-electron chi connectivity index (χ4n) is 3.36. The van der Waals surface area contributed by atoms with E-state index in [2.05, 4.69) is 90.1 Å². The third kappa shape index (κ3) is 3.20. The molecule has 0 radical (unpaired) electrons. The lowest BCUT2D eigenvalue weighted by molar-refractivity contribution is 0.480. The van der Waals surface area contributed by atoms with Crippen LogP contribution >= 0.6 is 0 Å². The first kappa shape index (κ1) is 18.5. The molecule has 128 valence electrons. The van der Waals surface area contributed by atoms with Gasteiger partial charge in [0.2, 0.25) is 0 Å². The number of fused-ring (bicyclic) bond motifs is 2. The summed E-state index contributed by atoms with van der Waals surface area (Å²) in [5, 5.41) is 5.35. The molecule has 0 fully saturated rings. The number of rotatable bonds is 2. The zero-order valence-corrected chi connectivity index (χ0v) is 15.3. The monoisotopic (exact) mass is 320 g/mol. The Morgan fingerprint density at radius 2 is 1.12 bits per heavy atom. The van der Waals surface area contributed by atoms with E-state index in [-0.39, 0.29) is 18.3 Å². The van der Waals surface area contributed by atoms with Crippen LogP contribution in [0.1, 0.15) is 66.5 Å². The van der Waals surface area contributed by atoms with E-state index in [0.717, 1.165) is 6.42 Å². The van der Waals surface area contributed by atoms with Crippen molar-refractivity contribution in [3.05, 3.63) is 59.7 Å². The predicted octanol–water partition coefficient (Wildman–Crippen LogP) is 7.61. The van der Waals surface area contributed by atoms with Crippen molar-refractivity contribution >= 4 is 21.5 Å². The molecule has 0 bridgehead atoms. The highest BCUT2D eigenvalue weighted by molar-refractivity contribution is 5.99. The summed E-state index contributed by atoms with van der Waals surface area (Å²) in [5.41, 5.74) is 3.33. The van der Waals surface area contributed by atoms with Crippen LogP contribution in [-0.4, -0.2) is 0 Å². The molecule has 0 aliphatic rings. The zero-order valence-electron chi connectivity index (χ0n) is 15.3. The summed E-state index contributed by atoms with van der Waals surface area (Å²) in [6.07, 6.45) is 1.15. The zero-order chi connectivity index (χ0) is 16.8. The average Bonchev–Trinajstić information content (AvgIpc) is 2.50. The van der Waals surface area contributed by atoms with Gasteiger partial charge < -0.3 is 0 Å². The van der Waals surface area contributed by atoms with Crippen molar-refractivity contribution in [1.82, 2.24) is 0 Å². The molecule has 0 atom stereocenters. The second-order valence-corrected chi connectivity index (χ2v) is 8.43. The molecule has 0 N–H and O–H groups in total. The summed E-state index contributed by atoms with van der Waals surface area (Å²) >= 11 is 0. The number of hydrogen-bond acceptors (Lipinski definition) is 0. The molecule has 0 saturated heterocycles. The normalized spacial score (nSPS) is 12.4. The fraction of sp³-hybridized carbons (Fsp3) is 0.417. The number of hydrogen-bond donors (Lipinski definition) is 0. The summed E-state index contributed by atoms with van der Waals surface area (Å²) < 4.78 is 0. The van der Waals surface area contributed by atoms with Crippen molar-refractivity contribution < 1.29 is 0 Å². The fourth-order valence-corrected chi connectivity index (χ4v) is 3.36. The molecular weight excluding hydrogens is 288 g/mol. The molecule has 0 saturated carbocycles. The molecule has 0 spiro atoms. The maximum absolute atomic E-state index is 2.44. The Kier molecular flexibility index (Phi) is 4.81. The van der Waals surface area contributed by atoms with Gasteiger partial charge in [0.15, 0.2) is 0 Å². The summed E-state index contributed by atoms with van der Waals surface area (Å²) in [5.74, 6) is 0. The van der Waals surface area contributed by atoms with Crippen molar-refractivity contribution in [2.45, 2.75) is 66.2 Å². The van der Waals surface area contributed by atoms with E-state index in [4.69, 9.17) is 0 Å². The Labute approximate surface area is 147 Å². The third-order valence-electron chi connectivity index (χ3n) is 5.26. The Morgan fingerprint density at radius 1 is 0.667 bits per heavy atom. The van der Waals surface area contributed by atoms with Gasteiger partial charge in [0.25, 0.3) is 0 Å². The number of benzene rings is 3. The van der Waals surface area contributed by atoms with E-state index in [1.165, 1.54) is 32.7 Å². The van der Waals surface area contributed by atoms with Crippen LogP contribution in [0.25, 0.3) is 21.5 Å². The molecule has 0 unspecified atom stereocenters. The minimum Gasteiger partial charge on any atom is -0.0776 e. The molecule has 0 amide bonds. The smallest absolute Gasteiger partial charge is 0.0103 e. The summed E-state index contributed by atoms with van der Waals surface area (Å²) in [7, 11) is 0. The van der Waals surface area contributed by atoms with Crippen LogP contribution in [0.5, 0.6) is 0 Å². The van der Waals surface area contributed by atoms with Gasteiger partial charge in [-0.15, -0.1) is 0 Å². The first-order valence-electron chi connectivity index (χ1n) is 8.70.